The fraction of sp³-hybridized carbons (Fsp3) is 0.194. The molecule has 2 bridgehead atoms. The molecule has 2 aliphatic heterocycles. The van der Waals surface area contributed by atoms with Gasteiger partial charge in [-0.25, -0.2) is 4.79 Å². The minimum atomic E-state index is -4.40. The van der Waals surface area contributed by atoms with Gasteiger partial charge in [0.1, 0.15) is 0 Å². The summed E-state index contributed by atoms with van der Waals surface area (Å²) in [6, 6.07) is 22.6. The lowest BCUT2D eigenvalue weighted by Crippen LogP contribution is -2.42. The first-order valence-electron chi connectivity index (χ1n) is 12.3. The molecule has 2 N–H and O–H groups in total. The van der Waals surface area contributed by atoms with Crippen LogP contribution >= 0.6 is 0 Å². The van der Waals surface area contributed by atoms with Gasteiger partial charge in [-0.15, -0.1) is 0 Å². The van der Waals surface area contributed by atoms with E-state index in [1.54, 1.807) is 12.1 Å². The molecule has 186 valence electrons. The van der Waals surface area contributed by atoms with Gasteiger partial charge in [-0.2, -0.15) is 13.2 Å². The molecule has 3 nitrogen and oxygen atoms in total. The number of hydrogen-bond donors (Lipinski definition) is 2. The Balaban J connectivity index is 1.40. The number of carbonyl (C=O) groups is 1. The van der Waals surface area contributed by atoms with Crippen LogP contribution in [0.5, 0.6) is 0 Å². The number of fused-ring (bicyclic) bond motifs is 3. The lowest BCUT2D eigenvalue weighted by Gasteiger charge is -2.36. The first kappa shape index (κ1) is 23.5. The Morgan fingerprint density at radius 3 is 2.08 bits per heavy atom. The third-order valence-corrected chi connectivity index (χ3v) is 7.55. The number of alkyl halides is 3. The summed E-state index contributed by atoms with van der Waals surface area (Å²) in [5.41, 5.74) is 5.11. The Morgan fingerprint density at radius 2 is 1.49 bits per heavy atom. The smallest absolute Gasteiger partial charge is 0.416 e. The Morgan fingerprint density at radius 1 is 0.811 bits per heavy atom. The molecule has 2 atom stereocenters. The topological polar surface area (TPSA) is 49.3 Å². The molecular weight excluding hydrogens is 475 g/mol. The van der Waals surface area contributed by atoms with Crippen molar-refractivity contribution in [2.75, 3.05) is 6.54 Å². The summed E-state index contributed by atoms with van der Waals surface area (Å²) in [6.07, 6.45) is 0.301. The number of nitrogens with one attached hydrogen (secondary N) is 1. The van der Waals surface area contributed by atoms with E-state index in [2.05, 4.69) is 23.5 Å². The van der Waals surface area contributed by atoms with Gasteiger partial charge in [0, 0.05) is 12.6 Å². The van der Waals surface area contributed by atoms with Gasteiger partial charge in [0.25, 0.3) is 0 Å². The summed E-state index contributed by atoms with van der Waals surface area (Å²) in [7, 11) is 0. The Bertz CT molecular complexity index is 1530. The summed E-state index contributed by atoms with van der Waals surface area (Å²) >= 11 is 0. The molecule has 2 heterocycles. The molecular formula is C31H24F3NO2. The average molecular weight is 500 g/mol. The van der Waals surface area contributed by atoms with E-state index in [1.807, 2.05) is 30.3 Å². The number of benzene rings is 4. The zero-order chi connectivity index (χ0) is 25.7. The molecule has 2 unspecified atom stereocenters. The second-order valence-electron chi connectivity index (χ2n) is 9.83. The van der Waals surface area contributed by atoms with Crippen LogP contribution in [0.3, 0.4) is 0 Å². The number of hydrogen-bond acceptors (Lipinski definition) is 2. The molecule has 1 saturated heterocycles. The van der Waals surface area contributed by atoms with E-state index >= 15 is 0 Å². The van der Waals surface area contributed by atoms with Crippen molar-refractivity contribution in [3.05, 3.63) is 102 Å². The van der Waals surface area contributed by atoms with Crippen molar-refractivity contribution in [3.63, 3.8) is 0 Å². The maximum atomic E-state index is 13.0. The number of aromatic carboxylic acids is 1. The number of carboxylic acids is 1. The first-order chi connectivity index (χ1) is 17.8. The zero-order valence-corrected chi connectivity index (χ0v) is 19.8. The minimum absolute atomic E-state index is 0.162. The summed E-state index contributed by atoms with van der Waals surface area (Å²) in [5.74, 6) is -0.508. The van der Waals surface area contributed by atoms with Crippen molar-refractivity contribution in [2.45, 2.75) is 25.1 Å². The Hall–Kier alpha value is -3.90. The molecule has 3 aliphatic rings. The Labute approximate surface area is 212 Å². The standard InChI is InChI=1S/C31H24F3NO2/c32-31(33,34)25-9-5-18(6-10-25)21-8-12-27-23(13-21)14-24(30(36)37)15-29(27)20-3-1-19(2-4-20)28-16-26-11-7-22(28)17-35-26/h1-6,8-10,12-16,22,26,35H,7,11,17H2,(H,36,37). The van der Waals surface area contributed by atoms with Crippen molar-refractivity contribution >= 4 is 22.3 Å². The largest absolute Gasteiger partial charge is 0.478 e. The van der Waals surface area contributed by atoms with Crippen LogP contribution in [0.4, 0.5) is 13.2 Å². The van der Waals surface area contributed by atoms with Crippen LogP contribution in [0.25, 0.3) is 38.6 Å². The van der Waals surface area contributed by atoms with Gasteiger partial charge < -0.3 is 10.4 Å². The quantitative estimate of drug-likeness (QED) is 0.303. The summed E-state index contributed by atoms with van der Waals surface area (Å²) < 4.78 is 38.9. The van der Waals surface area contributed by atoms with Crippen LogP contribution in [0.1, 0.15) is 34.3 Å². The second-order valence-corrected chi connectivity index (χ2v) is 9.83. The fourth-order valence-corrected chi connectivity index (χ4v) is 5.58. The third kappa shape index (κ3) is 4.42. The minimum Gasteiger partial charge on any atom is -0.478 e. The Kier molecular flexibility index (Phi) is 5.64. The molecule has 0 aromatic heterocycles. The van der Waals surface area contributed by atoms with Gasteiger partial charge >= 0.3 is 12.1 Å². The van der Waals surface area contributed by atoms with Crippen molar-refractivity contribution < 1.29 is 23.1 Å². The van der Waals surface area contributed by atoms with E-state index in [0.717, 1.165) is 46.1 Å². The average Bonchev–Trinajstić information content (AvgIpc) is 2.92. The lowest BCUT2D eigenvalue weighted by molar-refractivity contribution is -0.137. The normalized spacial score (nSPS) is 19.2. The summed E-state index contributed by atoms with van der Waals surface area (Å²) in [4.78, 5) is 11.9. The zero-order valence-electron chi connectivity index (χ0n) is 19.8. The molecule has 4 aromatic carbocycles. The molecule has 1 aliphatic carbocycles. The van der Waals surface area contributed by atoms with E-state index in [1.165, 1.54) is 36.1 Å². The second kappa shape index (κ2) is 8.89. The van der Waals surface area contributed by atoms with E-state index in [-0.39, 0.29) is 5.56 Å². The summed E-state index contributed by atoms with van der Waals surface area (Å²) in [6.45, 7) is 1.00. The van der Waals surface area contributed by atoms with Gasteiger partial charge in [0.2, 0.25) is 0 Å². The van der Waals surface area contributed by atoms with E-state index in [4.69, 9.17) is 0 Å². The monoisotopic (exact) mass is 499 g/mol. The van der Waals surface area contributed by atoms with Crippen LogP contribution in [0.15, 0.2) is 84.9 Å². The molecule has 37 heavy (non-hydrogen) atoms. The first-order valence-corrected chi connectivity index (χ1v) is 12.3. The predicted octanol–water partition coefficient (Wildman–Crippen LogP) is 7.66. The maximum Gasteiger partial charge on any atom is 0.416 e. The van der Waals surface area contributed by atoms with Crippen LogP contribution in [-0.2, 0) is 6.18 Å². The molecule has 0 spiro atoms. The number of rotatable bonds is 4. The maximum absolute atomic E-state index is 13.0. The van der Waals surface area contributed by atoms with Crippen LogP contribution in [0, 0.1) is 5.92 Å². The molecule has 4 aromatic rings. The number of halogens is 3. The van der Waals surface area contributed by atoms with Gasteiger partial charge in [0.05, 0.1) is 11.1 Å². The highest BCUT2D eigenvalue weighted by atomic mass is 19.4. The van der Waals surface area contributed by atoms with E-state index in [0.29, 0.717) is 17.5 Å². The number of piperidine rings is 1. The van der Waals surface area contributed by atoms with Crippen molar-refractivity contribution in [2.24, 2.45) is 5.92 Å². The highest BCUT2D eigenvalue weighted by Gasteiger charge is 2.30. The van der Waals surface area contributed by atoms with E-state index < -0.39 is 17.7 Å². The van der Waals surface area contributed by atoms with E-state index in [9.17, 15) is 23.1 Å². The molecule has 6 heteroatoms. The van der Waals surface area contributed by atoms with Gasteiger partial charge in [-0.1, -0.05) is 54.6 Å². The van der Waals surface area contributed by atoms with Crippen molar-refractivity contribution in [1.29, 1.82) is 0 Å². The lowest BCUT2D eigenvalue weighted by atomic mass is 9.78. The van der Waals surface area contributed by atoms with Gasteiger partial charge in [-0.05, 0) is 93.3 Å². The van der Waals surface area contributed by atoms with Crippen LogP contribution in [0.2, 0.25) is 0 Å². The summed E-state index contributed by atoms with van der Waals surface area (Å²) in [5, 5.41) is 14.9. The van der Waals surface area contributed by atoms with Crippen LogP contribution in [-0.4, -0.2) is 23.7 Å². The SMILES string of the molecule is O=C(O)c1cc(-c2ccc(C3=CC4CCC3CN4)cc2)c2ccc(-c3ccc(C(F)(F)F)cc3)cc2c1. The van der Waals surface area contributed by atoms with Crippen molar-refractivity contribution in [3.8, 4) is 22.3 Å². The number of carboxylic acid groups (broad SMARTS) is 1. The third-order valence-electron chi connectivity index (χ3n) is 7.55. The highest BCUT2D eigenvalue weighted by Crippen LogP contribution is 2.38. The van der Waals surface area contributed by atoms with Crippen molar-refractivity contribution in [1.82, 2.24) is 5.32 Å². The van der Waals surface area contributed by atoms with Crippen LogP contribution < -0.4 is 5.32 Å². The highest BCUT2D eigenvalue weighted by molar-refractivity contribution is 6.04. The molecule has 0 saturated carbocycles. The fourth-order valence-electron chi connectivity index (χ4n) is 5.58. The van der Waals surface area contributed by atoms with Gasteiger partial charge in [-0.3, -0.25) is 0 Å². The molecule has 1 fully saturated rings. The molecule has 0 amide bonds. The predicted molar refractivity (Wildman–Crippen MR) is 139 cm³/mol. The molecule has 7 rings (SSSR count). The van der Waals surface area contributed by atoms with Gasteiger partial charge in [0.15, 0.2) is 0 Å². The molecule has 0 radical (unpaired) electrons.